The number of urea groups is 1. The van der Waals surface area contributed by atoms with Crippen molar-refractivity contribution in [3.05, 3.63) is 0 Å². The molecule has 0 bridgehead atoms. The molecular formula is C12H22N2O3. The highest BCUT2D eigenvalue weighted by Crippen LogP contribution is 2.26. The molecule has 1 aliphatic heterocycles. The summed E-state index contributed by atoms with van der Waals surface area (Å²) in [5.74, 6) is -0.0965. The van der Waals surface area contributed by atoms with Crippen molar-refractivity contribution in [1.29, 1.82) is 0 Å². The first-order valence-corrected chi connectivity index (χ1v) is 6.12. The molecule has 4 atom stereocenters. The first-order valence-electron chi connectivity index (χ1n) is 6.12. The Hall–Kier alpha value is -1.26. The van der Waals surface area contributed by atoms with Crippen LogP contribution in [0.4, 0.5) is 4.79 Å². The first kappa shape index (κ1) is 13.8. The number of nitrogens with zero attached hydrogens (tertiary/aromatic N) is 1. The van der Waals surface area contributed by atoms with Crippen LogP contribution in [0.15, 0.2) is 0 Å². The third-order valence-electron chi connectivity index (χ3n) is 3.57. The maximum atomic E-state index is 12.0. The van der Waals surface area contributed by atoms with Gasteiger partial charge in [-0.25, -0.2) is 4.79 Å². The van der Waals surface area contributed by atoms with E-state index in [1.807, 2.05) is 6.92 Å². The summed E-state index contributed by atoms with van der Waals surface area (Å²) < 4.78 is 0. The number of aliphatic carboxylic acids is 1. The van der Waals surface area contributed by atoms with Crippen LogP contribution in [0.3, 0.4) is 0 Å². The van der Waals surface area contributed by atoms with E-state index in [2.05, 4.69) is 19.2 Å². The summed E-state index contributed by atoms with van der Waals surface area (Å²) in [5.41, 5.74) is 0. The molecule has 2 amide bonds. The first-order chi connectivity index (χ1) is 7.82. The van der Waals surface area contributed by atoms with Crippen LogP contribution in [-0.2, 0) is 4.79 Å². The van der Waals surface area contributed by atoms with Crippen LogP contribution in [0.1, 0.15) is 34.1 Å². The van der Waals surface area contributed by atoms with E-state index < -0.39 is 12.0 Å². The van der Waals surface area contributed by atoms with Crippen LogP contribution in [-0.4, -0.2) is 40.6 Å². The number of carboxylic acids is 1. The van der Waals surface area contributed by atoms with Crippen molar-refractivity contribution < 1.29 is 14.7 Å². The summed E-state index contributed by atoms with van der Waals surface area (Å²) in [6, 6.07) is -0.958. The molecule has 2 N–H and O–H groups in total. The Balaban J connectivity index is 2.64. The zero-order valence-electron chi connectivity index (χ0n) is 10.9. The van der Waals surface area contributed by atoms with E-state index in [-0.39, 0.29) is 12.1 Å². The van der Waals surface area contributed by atoms with Gasteiger partial charge in [0.1, 0.15) is 6.04 Å². The standard InChI is InChI=1S/C12H22N2O3/c1-7-5-8(2)10(4)14(6-7)12(17)13-9(3)11(15)16/h7-10H,5-6H2,1-4H3,(H,13,17)(H,15,16)/t7?,8?,9-,10?/m0/s1. The Morgan fingerprint density at radius 3 is 2.47 bits per heavy atom. The van der Waals surface area contributed by atoms with E-state index >= 15 is 0 Å². The second-order valence-electron chi connectivity index (χ2n) is 5.22. The molecule has 0 radical (unpaired) electrons. The Kier molecular flexibility index (Phi) is 4.37. The summed E-state index contributed by atoms with van der Waals surface area (Å²) >= 11 is 0. The van der Waals surface area contributed by atoms with Crippen molar-refractivity contribution in [3.8, 4) is 0 Å². The van der Waals surface area contributed by atoms with Crippen LogP contribution >= 0.6 is 0 Å². The highest BCUT2D eigenvalue weighted by atomic mass is 16.4. The van der Waals surface area contributed by atoms with Crippen molar-refractivity contribution in [2.75, 3.05) is 6.54 Å². The number of amides is 2. The Labute approximate surface area is 102 Å². The van der Waals surface area contributed by atoms with E-state index in [0.29, 0.717) is 18.4 Å². The SMILES string of the molecule is CC1CC(C)C(C)N(C(=O)N[C@@H](C)C(=O)O)C1. The molecule has 0 aromatic heterocycles. The molecule has 1 fully saturated rings. The number of carboxylic acid groups (broad SMARTS) is 1. The van der Waals surface area contributed by atoms with Gasteiger partial charge in [-0.15, -0.1) is 0 Å². The van der Waals surface area contributed by atoms with Gasteiger partial charge in [0.2, 0.25) is 0 Å². The summed E-state index contributed by atoms with van der Waals surface area (Å²) in [5, 5.41) is 11.3. The summed E-state index contributed by atoms with van der Waals surface area (Å²) in [6.07, 6.45) is 1.11. The van der Waals surface area contributed by atoms with Crippen molar-refractivity contribution in [2.24, 2.45) is 11.8 Å². The molecule has 5 heteroatoms. The van der Waals surface area contributed by atoms with E-state index in [0.717, 1.165) is 6.42 Å². The molecule has 0 aromatic rings. The van der Waals surface area contributed by atoms with Gasteiger partial charge in [0, 0.05) is 12.6 Å². The number of carbonyl (C=O) groups excluding carboxylic acids is 1. The third kappa shape index (κ3) is 3.35. The lowest BCUT2D eigenvalue weighted by molar-refractivity contribution is -0.138. The lowest BCUT2D eigenvalue weighted by Crippen LogP contribution is -2.55. The average molecular weight is 242 g/mol. The van der Waals surface area contributed by atoms with Gasteiger partial charge < -0.3 is 15.3 Å². The predicted molar refractivity (Wildman–Crippen MR) is 64.7 cm³/mol. The molecule has 0 aliphatic carbocycles. The molecule has 0 aromatic carbocycles. The molecule has 0 spiro atoms. The maximum Gasteiger partial charge on any atom is 0.325 e. The fourth-order valence-electron chi connectivity index (χ4n) is 2.31. The minimum atomic E-state index is -1.01. The molecule has 3 unspecified atom stereocenters. The number of carbonyl (C=O) groups is 2. The molecule has 5 nitrogen and oxygen atoms in total. The zero-order chi connectivity index (χ0) is 13.2. The molecule has 98 valence electrons. The quantitative estimate of drug-likeness (QED) is 0.771. The van der Waals surface area contributed by atoms with Gasteiger partial charge in [-0.05, 0) is 32.1 Å². The van der Waals surface area contributed by atoms with Crippen molar-refractivity contribution >= 4 is 12.0 Å². The highest BCUT2D eigenvalue weighted by Gasteiger charge is 2.32. The fraction of sp³-hybridized carbons (Fsp3) is 0.833. The second-order valence-corrected chi connectivity index (χ2v) is 5.22. The van der Waals surface area contributed by atoms with Gasteiger partial charge in [0.25, 0.3) is 0 Å². The predicted octanol–water partition coefficient (Wildman–Crippen LogP) is 1.54. The molecule has 1 rings (SSSR count). The Bertz CT molecular complexity index is 306. The van der Waals surface area contributed by atoms with Crippen LogP contribution in [0.25, 0.3) is 0 Å². The number of hydrogen-bond donors (Lipinski definition) is 2. The van der Waals surface area contributed by atoms with Crippen molar-refractivity contribution in [1.82, 2.24) is 10.2 Å². The minimum absolute atomic E-state index is 0.159. The van der Waals surface area contributed by atoms with E-state index in [1.165, 1.54) is 6.92 Å². The lowest BCUT2D eigenvalue weighted by Gasteiger charge is -2.41. The van der Waals surface area contributed by atoms with Crippen LogP contribution in [0.5, 0.6) is 0 Å². The number of nitrogens with one attached hydrogen (secondary N) is 1. The fourth-order valence-corrected chi connectivity index (χ4v) is 2.31. The number of hydrogen-bond acceptors (Lipinski definition) is 2. The van der Waals surface area contributed by atoms with Gasteiger partial charge in [-0.1, -0.05) is 13.8 Å². The van der Waals surface area contributed by atoms with E-state index in [1.54, 1.807) is 4.90 Å². The second kappa shape index (κ2) is 5.38. The van der Waals surface area contributed by atoms with Gasteiger partial charge in [0.15, 0.2) is 0 Å². The topological polar surface area (TPSA) is 69.6 Å². The summed E-state index contributed by atoms with van der Waals surface area (Å²) in [6.45, 7) is 8.43. The molecule has 1 heterocycles. The molecular weight excluding hydrogens is 220 g/mol. The summed E-state index contributed by atoms with van der Waals surface area (Å²) in [4.78, 5) is 24.4. The van der Waals surface area contributed by atoms with E-state index in [4.69, 9.17) is 5.11 Å². The van der Waals surface area contributed by atoms with Crippen LogP contribution in [0, 0.1) is 11.8 Å². The largest absolute Gasteiger partial charge is 0.480 e. The maximum absolute atomic E-state index is 12.0. The van der Waals surface area contributed by atoms with E-state index in [9.17, 15) is 9.59 Å². The number of likely N-dealkylation sites (tertiary alicyclic amines) is 1. The van der Waals surface area contributed by atoms with Gasteiger partial charge in [-0.2, -0.15) is 0 Å². The molecule has 1 aliphatic rings. The third-order valence-corrected chi connectivity index (χ3v) is 3.57. The number of rotatable bonds is 2. The minimum Gasteiger partial charge on any atom is -0.480 e. The Morgan fingerprint density at radius 1 is 1.35 bits per heavy atom. The highest BCUT2D eigenvalue weighted by molar-refractivity contribution is 5.82. The lowest BCUT2D eigenvalue weighted by atomic mass is 9.86. The normalized spacial score (nSPS) is 30.8. The van der Waals surface area contributed by atoms with Crippen molar-refractivity contribution in [2.45, 2.75) is 46.2 Å². The smallest absolute Gasteiger partial charge is 0.325 e. The van der Waals surface area contributed by atoms with Gasteiger partial charge in [-0.3, -0.25) is 4.79 Å². The monoisotopic (exact) mass is 242 g/mol. The van der Waals surface area contributed by atoms with Crippen molar-refractivity contribution in [3.63, 3.8) is 0 Å². The molecule has 1 saturated heterocycles. The Morgan fingerprint density at radius 2 is 1.94 bits per heavy atom. The zero-order valence-corrected chi connectivity index (χ0v) is 10.9. The van der Waals surface area contributed by atoms with Gasteiger partial charge >= 0.3 is 12.0 Å². The summed E-state index contributed by atoms with van der Waals surface area (Å²) in [7, 11) is 0. The van der Waals surface area contributed by atoms with Gasteiger partial charge in [0.05, 0.1) is 0 Å². The van der Waals surface area contributed by atoms with Crippen LogP contribution < -0.4 is 5.32 Å². The molecule has 17 heavy (non-hydrogen) atoms. The number of piperidine rings is 1. The van der Waals surface area contributed by atoms with Crippen LogP contribution in [0.2, 0.25) is 0 Å². The molecule has 0 saturated carbocycles. The average Bonchev–Trinajstić information content (AvgIpc) is 2.22.